The van der Waals surface area contributed by atoms with Gasteiger partial charge in [-0.3, -0.25) is 9.89 Å². The number of carbonyl (C=O) groups excluding carboxylic acids is 1. The second-order valence-corrected chi connectivity index (χ2v) is 9.43. The third-order valence-electron chi connectivity index (χ3n) is 6.97. The van der Waals surface area contributed by atoms with Crippen LogP contribution in [0, 0.1) is 5.92 Å². The molecule has 0 spiro atoms. The van der Waals surface area contributed by atoms with Gasteiger partial charge in [0.25, 0.3) is 0 Å². The highest BCUT2D eigenvalue weighted by Gasteiger charge is 2.36. The molecule has 0 unspecified atom stereocenters. The van der Waals surface area contributed by atoms with Crippen molar-refractivity contribution in [2.75, 3.05) is 6.61 Å². The average Bonchev–Trinajstić information content (AvgIpc) is 3.46. The van der Waals surface area contributed by atoms with Crippen molar-refractivity contribution in [2.45, 2.75) is 44.3 Å². The summed E-state index contributed by atoms with van der Waals surface area (Å²) >= 11 is 0. The molecule has 1 aliphatic carbocycles. The summed E-state index contributed by atoms with van der Waals surface area (Å²) in [5.74, 6) is 0.520. The molecule has 0 aliphatic heterocycles. The summed E-state index contributed by atoms with van der Waals surface area (Å²) in [6, 6.07) is 7.68. The first-order valence-electron chi connectivity index (χ1n) is 12.0. The quantitative estimate of drug-likeness (QED) is 0.345. The van der Waals surface area contributed by atoms with Crippen LogP contribution in [-0.4, -0.2) is 47.6 Å². The molecule has 3 aromatic heterocycles. The van der Waals surface area contributed by atoms with Crippen LogP contribution in [0.1, 0.15) is 60.9 Å². The Kier molecular flexibility index (Phi) is 6.44. The fraction of sp³-hybridized carbons (Fsp3) is 0.400. The molecule has 0 bridgehead atoms. The number of alkyl halides is 3. The molecule has 12 heteroatoms. The summed E-state index contributed by atoms with van der Waals surface area (Å²) < 4.78 is 43.3. The van der Waals surface area contributed by atoms with E-state index in [4.69, 9.17) is 5.11 Å². The average molecular weight is 514 g/mol. The van der Waals surface area contributed by atoms with Crippen LogP contribution in [0.15, 0.2) is 36.7 Å². The van der Waals surface area contributed by atoms with E-state index in [0.717, 1.165) is 36.7 Å². The molecule has 4 aromatic rings. The summed E-state index contributed by atoms with van der Waals surface area (Å²) in [4.78, 5) is 15.5. The molecule has 2 atom stereocenters. The van der Waals surface area contributed by atoms with Gasteiger partial charge in [0.1, 0.15) is 30.1 Å². The van der Waals surface area contributed by atoms with Crippen LogP contribution in [0.4, 0.5) is 13.2 Å². The first-order chi connectivity index (χ1) is 17.7. The number of aliphatic hydroxyl groups is 1. The number of rotatable bonds is 7. The van der Waals surface area contributed by atoms with E-state index in [1.807, 2.05) is 29.8 Å². The van der Waals surface area contributed by atoms with E-state index in [1.54, 1.807) is 12.4 Å². The van der Waals surface area contributed by atoms with Gasteiger partial charge in [-0.15, -0.1) is 10.2 Å². The van der Waals surface area contributed by atoms with E-state index in [1.165, 1.54) is 6.92 Å². The first kappa shape index (κ1) is 24.9. The molecule has 3 heterocycles. The van der Waals surface area contributed by atoms with Crippen LogP contribution < -0.4 is 5.32 Å². The van der Waals surface area contributed by atoms with Crippen LogP contribution >= 0.6 is 0 Å². The third kappa shape index (κ3) is 4.68. The maximum Gasteiger partial charge on any atom is 0.433 e. The van der Waals surface area contributed by atoms with Crippen LogP contribution in [0.25, 0.3) is 22.2 Å². The van der Waals surface area contributed by atoms with Gasteiger partial charge >= 0.3 is 6.18 Å². The molecule has 0 saturated heterocycles. The summed E-state index contributed by atoms with van der Waals surface area (Å²) in [6.45, 7) is 0.710. The standard InChI is InChI=1S/C25H26F3N7O2/c1-13(30-19(37)11-36)21-23-17(10-18(31-21)25(26,27)28)22(32-33-23)16-8-4-7-15(9-16)20(14-5-3-6-14)24-34-29-12-35(24)2/h4,7-10,12-14,20,36H,3,5-6,11H2,1-2H3,(H,30,37)(H,32,33)/t13-,20-/m1/s1. The van der Waals surface area contributed by atoms with Crippen molar-refractivity contribution >= 4 is 16.8 Å². The normalized spacial score (nSPS) is 15.9. The van der Waals surface area contributed by atoms with E-state index in [9.17, 15) is 18.0 Å². The number of benzene rings is 1. The second kappa shape index (κ2) is 9.58. The van der Waals surface area contributed by atoms with Crippen molar-refractivity contribution in [3.63, 3.8) is 0 Å². The van der Waals surface area contributed by atoms with E-state index < -0.39 is 30.4 Å². The van der Waals surface area contributed by atoms with Crippen LogP contribution in [0.3, 0.4) is 0 Å². The number of halogens is 3. The zero-order valence-corrected chi connectivity index (χ0v) is 20.3. The number of amides is 1. The number of fused-ring (bicyclic) bond motifs is 1. The number of carbonyl (C=O) groups is 1. The number of nitrogens with zero attached hydrogens (tertiary/aromatic N) is 5. The fourth-order valence-corrected chi connectivity index (χ4v) is 4.93. The Balaban J connectivity index is 1.62. The first-order valence-corrected chi connectivity index (χ1v) is 12.0. The molecular weight excluding hydrogens is 487 g/mol. The number of aryl methyl sites for hydroxylation is 1. The maximum absolute atomic E-state index is 13.8. The van der Waals surface area contributed by atoms with Gasteiger partial charge in [-0.05, 0) is 43.4 Å². The van der Waals surface area contributed by atoms with Gasteiger partial charge in [-0.2, -0.15) is 18.3 Å². The highest BCUT2D eigenvalue weighted by molar-refractivity contribution is 5.95. The van der Waals surface area contributed by atoms with Gasteiger partial charge in [0.05, 0.1) is 17.3 Å². The summed E-state index contributed by atoms with van der Waals surface area (Å²) in [5.41, 5.74) is 1.15. The molecule has 1 aliphatic rings. The largest absolute Gasteiger partial charge is 0.433 e. The van der Waals surface area contributed by atoms with Crippen molar-refractivity contribution in [3.05, 3.63) is 59.4 Å². The van der Waals surface area contributed by atoms with Crippen LogP contribution in [0.2, 0.25) is 0 Å². The molecule has 194 valence electrons. The lowest BCUT2D eigenvalue weighted by Gasteiger charge is -2.33. The summed E-state index contributed by atoms with van der Waals surface area (Å²) in [5, 5.41) is 27.3. The SMILES string of the molecule is C[C@@H](NC(=O)CO)c1nc(C(F)(F)F)cc2c(-c3cccc([C@H](c4nncn4C)C4CCC4)c3)n[nH]c12. The Bertz CT molecular complexity index is 1440. The summed E-state index contributed by atoms with van der Waals surface area (Å²) in [7, 11) is 1.90. The van der Waals surface area contributed by atoms with Crippen molar-refractivity contribution in [1.82, 2.24) is 35.3 Å². The molecule has 1 amide bonds. The minimum atomic E-state index is -4.71. The Morgan fingerprint density at radius 3 is 2.70 bits per heavy atom. The number of H-pyrrole nitrogens is 1. The topological polar surface area (TPSA) is 122 Å². The van der Waals surface area contributed by atoms with Gasteiger partial charge in [0, 0.05) is 23.9 Å². The highest BCUT2D eigenvalue weighted by atomic mass is 19.4. The molecule has 3 N–H and O–H groups in total. The van der Waals surface area contributed by atoms with Crippen molar-refractivity contribution in [1.29, 1.82) is 0 Å². The molecule has 0 radical (unpaired) electrons. The smallest absolute Gasteiger partial charge is 0.387 e. The lowest BCUT2D eigenvalue weighted by Crippen LogP contribution is -2.30. The second-order valence-electron chi connectivity index (χ2n) is 9.43. The number of hydrogen-bond acceptors (Lipinski definition) is 6. The lowest BCUT2D eigenvalue weighted by atomic mass is 9.72. The Labute approximate surface area is 210 Å². The van der Waals surface area contributed by atoms with Crippen LogP contribution in [-0.2, 0) is 18.0 Å². The number of aliphatic hydroxyl groups excluding tert-OH is 1. The molecular formula is C25H26F3N7O2. The fourth-order valence-electron chi connectivity index (χ4n) is 4.93. The molecule has 1 saturated carbocycles. The number of nitrogens with one attached hydrogen (secondary N) is 2. The number of hydrogen-bond donors (Lipinski definition) is 3. The molecule has 9 nitrogen and oxygen atoms in total. The van der Waals surface area contributed by atoms with Gasteiger partial charge in [-0.1, -0.05) is 24.6 Å². The highest BCUT2D eigenvalue weighted by Crippen LogP contribution is 2.43. The zero-order chi connectivity index (χ0) is 26.3. The predicted molar refractivity (Wildman–Crippen MR) is 128 cm³/mol. The number of aromatic nitrogens is 6. The van der Waals surface area contributed by atoms with E-state index in [-0.39, 0.29) is 22.5 Å². The van der Waals surface area contributed by atoms with Crippen molar-refractivity contribution in [2.24, 2.45) is 13.0 Å². The molecule has 1 aromatic carbocycles. The minimum absolute atomic E-state index is 0.00286. The van der Waals surface area contributed by atoms with Gasteiger partial charge in [0.2, 0.25) is 5.91 Å². The Morgan fingerprint density at radius 1 is 1.30 bits per heavy atom. The Morgan fingerprint density at radius 2 is 2.08 bits per heavy atom. The van der Waals surface area contributed by atoms with E-state index in [2.05, 4.69) is 30.7 Å². The molecule has 37 heavy (non-hydrogen) atoms. The van der Waals surface area contributed by atoms with Gasteiger partial charge < -0.3 is 15.0 Å². The van der Waals surface area contributed by atoms with E-state index >= 15 is 0 Å². The van der Waals surface area contributed by atoms with Gasteiger partial charge in [-0.25, -0.2) is 4.98 Å². The zero-order valence-electron chi connectivity index (χ0n) is 20.3. The lowest BCUT2D eigenvalue weighted by molar-refractivity contribution is -0.141. The number of pyridine rings is 1. The van der Waals surface area contributed by atoms with Crippen molar-refractivity contribution in [3.8, 4) is 11.3 Å². The molecule has 1 fully saturated rings. The third-order valence-corrected chi connectivity index (χ3v) is 6.97. The van der Waals surface area contributed by atoms with Gasteiger partial charge in [0.15, 0.2) is 0 Å². The maximum atomic E-state index is 13.8. The predicted octanol–water partition coefficient (Wildman–Crippen LogP) is 3.87. The summed E-state index contributed by atoms with van der Waals surface area (Å²) in [6.07, 6.45) is 0.225. The minimum Gasteiger partial charge on any atom is -0.387 e. The monoisotopic (exact) mass is 513 g/mol. The number of aromatic amines is 1. The Hall–Kier alpha value is -3.80. The van der Waals surface area contributed by atoms with Crippen LogP contribution in [0.5, 0.6) is 0 Å². The molecule has 5 rings (SSSR count). The van der Waals surface area contributed by atoms with E-state index in [0.29, 0.717) is 17.2 Å². The van der Waals surface area contributed by atoms with Crippen molar-refractivity contribution < 1.29 is 23.1 Å².